The van der Waals surface area contributed by atoms with Crippen LogP contribution in [-0.4, -0.2) is 15.5 Å². The Labute approximate surface area is 185 Å². The third kappa shape index (κ3) is 4.73. The van der Waals surface area contributed by atoms with Crippen molar-refractivity contribution in [1.82, 2.24) is 9.55 Å². The normalized spacial score (nSPS) is 16.7. The molecule has 162 valence electrons. The van der Waals surface area contributed by atoms with Gasteiger partial charge in [-0.05, 0) is 37.3 Å². The summed E-state index contributed by atoms with van der Waals surface area (Å²) in [7, 11) is 0. The van der Waals surface area contributed by atoms with Gasteiger partial charge >= 0.3 is 5.97 Å². The first-order valence-electron chi connectivity index (χ1n) is 11.4. The zero-order valence-electron chi connectivity index (χ0n) is 18.8. The molecule has 2 aromatic carbocycles. The molecule has 4 heteroatoms. The molecule has 4 nitrogen and oxygen atoms in total. The lowest BCUT2D eigenvalue weighted by atomic mass is 9.86. The fraction of sp³-hybridized carbons (Fsp3) is 0.407. The van der Waals surface area contributed by atoms with Crippen LogP contribution in [0.4, 0.5) is 0 Å². The van der Waals surface area contributed by atoms with E-state index in [9.17, 15) is 4.79 Å². The Morgan fingerprint density at radius 1 is 1.06 bits per heavy atom. The zero-order valence-corrected chi connectivity index (χ0v) is 18.8. The van der Waals surface area contributed by atoms with Crippen molar-refractivity contribution < 1.29 is 9.53 Å². The zero-order chi connectivity index (χ0) is 21.8. The van der Waals surface area contributed by atoms with Gasteiger partial charge in [-0.15, -0.1) is 0 Å². The van der Waals surface area contributed by atoms with E-state index in [1.807, 2.05) is 30.3 Å². The minimum absolute atomic E-state index is 0.132. The maximum Gasteiger partial charge on any atom is 0.306 e. The van der Waals surface area contributed by atoms with Gasteiger partial charge in [-0.3, -0.25) is 4.79 Å². The molecule has 31 heavy (non-hydrogen) atoms. The molecule has 0 bridgehead atoms. The standard InChI is InChI=1S/C27H32N2O2/c1-19(2)27-28-24-16-10-15-23(17-25(30)31-18-21-11-6-4-7-12-21)26(24)29(27)20(3)22-13-8-5-9-14-22/h4-9,11-14,19-20,23H,10,15-18H2,1-3H3/t20-,23?/m1/s1. The highest BCUT2D eigenvalue weighted by molar-refractivity contribution is 5.70. The van der Waals surface area contributed by atoms with E-state index in [0.717, 1.165) is 30.7 Å². The van der Waals surface area contributed by atoms with Gasteiger partial charge in [-0.1, -0.05) is 74.5 Å². The van der Waals surface area contributed by atoms with Crippen molar-refractivity contribution in [3.63, 3.8) is 0 Å². The van der Waals surface area contributed by atoms with Crippen molar-refractivity contribution in [3.8, 4) is 0 Å². The number of carbonyl (C=O) groups excluding carboxylic acids is 1. The molecule has 3 aromatic rings. The molecule has 0 saturated carbocycles. The molecule has 0 radical (unpaired) electrons. The second-order valence-electron chi connectivity index (χ2n) is 8.85. The minimum Gasteiger partial charge on any atom is -0.461 e. The number of hydrogen-bond acceptors (Lipinski definition) is 3. The van der Waals surface area contributed by atoms with Crippen LogP contribution in [0.15, 0.2) is 60.7 Å². The monoisotopic (exact) mass is 416 g/mol. The van der Waals surface area contributed by atoms with Gasteiger partial charge < -0.3 is 9.30 Å². The average Bonchev–Trinajstić information content (AvgIpc) is 3.19. The highest BCUT2D eigenvalue weighted by Crippen LogP contribution is 2.39. The molecule has 0 amide bonds. The van der Waals surface area contributed by atoms with Gasteiger partial charge in [-0.2, -0.15) is 0 Å². The van der Waals surface area contributed by atoms with Crippen molar-refractivity contribution in [1.29, 1.82) is 0 Å². The van der Waals surface area contributed by atoms with E-state index in [4.69, 9.17) is 9.72 Å². The minimum atomic E-state index is -0.132. The maximum atomic E-state index is 12.7. The number of imidazole rings is 1. The Hall–Kier alpha value is -2.88. The third-order valence-corrected chi connectivity index (χ3v) is 6.25. The van der Waals surface area contributed by atoms with Crippen LogP contribution in [0.5, 0.6) is 0 Å². The Morgan fingerprint density at radius 3 is 2.42 bits per heavy atom. The Bertz CT molecular complexity index is 1010. The summed E-state index contributed by atoms with van der Waals surface area (Å²) in [5.41, 5.74) is 4.69. The molecule has 1 unspecified atom stereocenters. The number of benzene rings is 2. The quantitative estimate of drug-likeness (QED) is 0.433. The van der Waals surface area contributed by atoms with Crippen molar-refractivity contribution in [2.75, 3.05) is 0 Å². The molecule has 0 fully saturated rings. The Balaban J connectivity index is 1.60. The number of fused-ring (bicyclic) bond motifs is 1. The second-order valence-corrected chi connectivity index (χ2v) is 8.85. The van der Waals surface area contributed by atoms with Gasteiger partial charge in [0.1, 0.15) is 12.4 Å². The molecule has 1 aliphatic rings. The Kier molecular flexibility index (Phi) is 6.55. The molecular formula is C27H32N2O2. The topological polar surface area (TPSA) is 44.1 Å². The van der Waals surface area contributed by atoms with Crippen LogP contribution < -0.4 is 0 Å². The molecule has 4 rings (SSSR count). The van der Waals surface area contributed by atoms with Crippen molar-refractivity contribution in [2.24, 2.45) is 0 Å². The number of hydrogen-bond donors (Lipinski definition) is 0. The van der Waals surface area contributed by atoms with E-state index in [1.165, 1.54) is 17.0 Å². The highest BCUT2D eigenvalue weighted by Gasteiger charge is 2.32. The highest BCUT2D eigenvalue weighted by atomic mass is 16.5. The molecule has 0 saturated heterocycles. The summed E-state index contributed by atoms with van der Waals surface area (Å²) < 4.78 is 8.02. The molecule has 0 aliphatic heterocycles. The number of nitrogens with zero attached hydrogens (tertiary/aromatic N) is 2. The van der Waals surface area contributed by atoms with Crippen LogP contribution in [0.25, 0.3) is 0 Å². The molecule has 1 heterocycles. The molecule has 0 spiro atoms. The molecule has 1 aromatic heterocycles. The summed E-state index contributed by atoms with van der Waals surface area (Å²) in [5, 5.41) is 0. The second kappa shape index (κ2) is 9.51. The van der Waals surface area contributed by atoms with E-state index >= 15 is 0 Å². The molecule has 2 atom stereocenters. The summed E-state index contributed by atoms with van der Waals surface area (Å²) in [5.74, 6) is 1.46. The SMILES string of the molecule is CC(C)c1nc2c(n1[C@H](C)c1ccccc1)C(CC(=O)OCc1ccccc1)CCC2. The lowest BCUT2D eigenvalue weighted by molar-refractivity contribution is -0.145. The van der Waals surface area contributed by atoms with Crippen LogP contribution in [0.1, 0.15) is 86.3 Å². The van der Waals surface area contributed by atoms with E-state index in [0.29, 0.717) is 18.9 Å². The summed E-state index contributed by atoms with van der Waals surface area (Å²) >= 11 is 0. The predicted molar refractivity (Wildman–Crippen MR) is 123 cm³/mol. The van der Waals surface area contributed by atoms with Crippen LogP contribution in [0.3, 0.4) is 0 Å². The van der Waals surface area contributed by atoms with Crippen LogP contribution in [0.2, 0.25) is 0 Å². The predicted octanol–water partition coefficient (Wildman–Crippen LogP) is 6.17. The van der Waals surface area contributed by atoms with Crippen molar-refractivity contribution in [3.05, 3.63) is 89.0 Å². The van der Waals surface area contributed by atoms with E-state index in [2.05, 4.69) is 55.7 Å². The number of aryl methyl sites for hydroxylation is 1. The lowest BCUT2D eigenvalue weighted by Gasteiger charge is -2.28. The number of rotatable bonds is 7. The number of ether oxygens (including phenoxy) is 1. The van der Waals surface area contributed by atoms with E-state index in [-0.39, 0.29) is 17.9 Å². The molecule has 0 N–H and O–H groups in total. The lowest BCUT2D eigenvalue weighted by Crippen LogP contribution is -2.21. The molecular weight excluding hydrogens is 384 g/mol. The van der Waals surface area contributed by atoms with E-state index < -0.39 is 0 Å². The maximum absolute atomic E-state index is 12.7. The smallest absolute Gasteiger partial charge is 0.306 e. The largest absolute Gasteiger partial charge is 0.461 e. The van der Waals surface area contributed by atoms with Crippen molar-refractivity contribution >= 4 is 5.97 Å². The van der Waals surface area contributed by atoms with Gasteiger partial charge in [0.05, 0.1) is 18.2 Å². The Morgan fingerprint density at radius 2 is 1.74 bits per heavy atom. The van der Waals surface area contributed by atoms with Gasteiger partial charge in [0.2, 0.25) is 0 Å². The average molecular weight is 417 g/mol. The van der Waals surface area contributed by atoms with Gasteiger partial charge in [0.15, 0.2) is 0 Å². The first kappa shape index (κ1) is 21.4. The van der Waals surface area contributed by atoms with Gasteiger partial charge in [-0.25, -0.2) is 4.98 Å². The molecule has 1 aliphatic carbocycles. The number of aromatic nitrogens is 2. The van der Waals surface area contributed by atoms with E-state index in [1.54, 1.807) is 0 Å². The van der Waals surface area contributed by atoms with Gasteiger partial charge in [0, 0.05) is 17.5 Å². The van der Waals surface area contributed by atoms with Crippen LogP contribution >= 0.6 is 0 Å². The van der Waals surface area contributed by atoms with Crippen LogP contribution in [-0.2, 0) is 22.6 Å². The fourth-order valence-corrected chi connectivity index (χ4v) is 4.67. The summed E-state index contributed by atoms with van der Waals surface area (Å²) in [6, 6.07) is 20.6. The number of carbonyl (C=O) groups is 1. The summed E-state index contributed by atoms with van der Waals surface area (Å²) in [4.78, 5) is 17.8. The summed E-state index contributed by atoms with van der Waals surface area (Å²) in [6.45, 7) is 6.97. The summed E-state index contributed by atoms with van der Waals surface area (Å²) in [6.07, 6.45) is 3.46. The first-order valence-corrected chi connectivity index (χ1v) is 11.4. The van der Waals surface area contributed by atoms with Crippen LogP contribution in [0, 0.1) is 0 Å². The van der Waals surface area contributed by atoms with Crippen molar-refractivity contribution in [2.45, 2.75) is 70.9 Å². The number of esters is 1. The third-order valence-electron chi connectivity index (χ3n) is 6.25. The first-order chi connectivity index (χ1) is 15.0. The van der Waals surface area contributed by atoms with Gasteiger partial charge in [0.25, 0.3) is 0 Å². The fourth-order valence-electron chi connectivity index (χ4n) is 4.67.